The Morgan fingerprint density at radius 2 is 2.00 bits per heavy atom. The Kier molecular flexibility index (Phi) is 5.72. The minimum absolute atomic E-state index is 0.00426. The summed E-state index contributed by atoms with van der Waals surface area (Å²) in [5, 5.41) is 2.59. The van der Waals surface area contributed by atoms with Crippen LogP contribution in [0.25, 0.3) is 6.08 Å². The second-order valence-electron chi connectivity index (χ2n) is 6.14. The van der Waals surface area contributed by atoms with E-state index in [4.69, 9.17) is 17.0 Å². The van der Waals surface area contributed by atoms with Crippen LogP contribution in [0.15, 0.2) is 52.5 Å². The number of amides is 2. The van der Waals surface area contributed by atoms with Crippen LogP contribution in [0, 0.1) is 6.92 Å². The number of thiocarbonyl (C=S) groups is 1. The van der Waals surface area contributed by atoms with Crippen LogP contribution in [0.5, 0.6) is 5.75 Å². The monoisotopic (exact) mass is 444 g/mol. The Balaban J connectivity index is 1.91. The summed E-state index contributed by atoms with van der Waals surface area (Å²) < 4.78 is 6.76. The summed E-state index contributed by atoms with van der Waals surface area (Å²) in [6.07, 6.45) is 1.52. The van der Waals surface area contributed by atoms with E-state index >= 15 is 0 Å². The quantitative estimate of drug-likeness (QED) is 0.444. The molecule has 2 aromatic rings. The highest BCUT2D eigenvalue weighted by Crippen LogP contribution is 2.27. The van der Waals surface area contributed by atoms with Crippen molar-refractivity contribution >= 4 is 51.2 Å². The minimum Gasteiger partial charge on any atom is -0.488 e. The van der Waals surface area contributed by atoms with Gasteiger partial charge in [0.1, 0.15) is 17.9 Å². The van der Waals surface area contributed by atoms with Crippen molar-refractivity contribution in [2.45, 2.75) is 13.5 Å². The molecule has 0 aliphatic carbocycles. The zero-order chi connectivity index (χ0) is 19.6. The molecule has 1 aliphatic rings. The molecule has 1 heterocycles. The molecule has 1 saturated heterocycles. The van der Waals surface area contributed by atoms with Crippen molar-refractivity contribution in [3.8, 4) is 5.75 Å². The molecule has 1 N–H and O–H groups in total. The molecule has 1 fully saturated rings. The first kappa shape index (κ1) is 19.3. The van der Waals surface area contributed by atoms with E-state index in [9.17, 15) is 9.59 Å². The topological polar surface area (TPSA) is 58.6 Å². The van der Waals surface area contributed by atoms with Gasteiger partial charge in [-0.25, -0.2) is 0 Å². The fraction of sp³-hybridized carbons (Fsp3) is 0.150. The summed E-state index contributed by atoms with van der Waals surface area (Å²) in [6.45, 7) is 2.40. The minimum atomic E-state index is -0.521. The molecule has 0 spiro atoms. The van der Waals surface area contributed by atoms with Crippen LogP contribution in [0.3, 0.4) is 0 Å². The van der Waals surface area contributed by atoms with Gasteiger partial charge in [0.25, 0.3) is 11.8 Å². The molecule has 2 aromatic carbocycles. The van der Waals surface area contributed by atoms with Gasteiger partial charge < -0.3 is 4.74 Å². The van der Waals surface area contributed by atoms with Gasteiger partial charge in [0, 0.05) is 17.1 Å². The number of likely N-dealkylation sites (N-methyl/N-ethyl adjacent to an activating group) is 1. The highest BCUT2D eigenvalue weighted by Gasteiger charge is 2.31. The lowest BCUT2D eigenvalue weighted by atomic mass is 10.1. The van der Waals surface area contributed by atoms with E-state index in [-0.39, 0.29) is 10.7 Å². The van der Waals surface area contributed by atoms with Crippen LogP contribution in [-0.4, -0.2) is 28.9 Å². The fourth-order valence-electron chi connectivity index (χ4n) is 2.63. The highest BCUT2D eigenvalue weighted by atomic mass is 79.9. The lowest BCUT2D eigenvalue weighted by Gasteiger charge is -2.25. The van der Waals surface area contributed by atoms with Gasteiger partial charge in [0.15, 0.2) is 5.11 Å². The predicted molar refractivity (Wildman–Crippen MR) is 111 cm³/mol. The van der Waals surface area contributed by atoms with Crippen molar-refractivity contribution in [3.05, 3.63) is 69.2 Å². The van der Waals surface area contributed by atoms with Gasteiger partial charge in [-0.1, -0.05) is 45.8 Å². The number of nitrogens with zero attached hydrogens (tertiary/aromatic N) is 1. The molecule has 0 aromatic heterocycles. The van der Waals surface area contributed by atoms with Gasteiger partial charge in [0.05, 0.1) is 0 Å². The van der Waals surface area contributed by atoms with Crippen LogP contribution in [0.1, 0.15) is 16.7 Å². The lowest BCUT2D eigenvalue weighted by Crippen LogP contribution is -2.52. The van der Waals surface area contributed by atoms with Gasteiger partial charge >= 0.3 is 0 Å². The van der Waals surface area contributed by atoms with Crippen molar-refractivity contribution in [2.24, 2.45) is 0 Å². The van der Waals surface area contributed by atoms with Crippen molar-refractivity contribution in [1.29, 1.82) is 0 Å². The maximum atomic E-state index is 12.4. The number of carbonyl (C=O) groups excluding carboxylic acids is 2. The van der Waals surface area contributed by atoms with Crippen molar-refractivity contribution in [2.75, 3.05) is 7.05 Å². The third-order valence-corrected chi connectivity index (χ3v) is 4.92. The number of nitrogens with one attached hydrogen (secondary N) is 1. The molecule has 2 amide bonds. The third-order valence-electron chi connectivity index (χ3n) is 4.05. The Bertz CT molecular complexity index is 971. The van der Waals surface area contributed by atoms with Crippen molar-refractivity contribution in [1.82, 2.24) is 10.2 Å². The Labute approximate surface area is 171 Å². The molecule has 0 atom stereocenters. The molecule has 0 unspecified atom stereocenters. The zero-order valence-electron chi connectivity index (χ0n) is 14.8. The second kappa shape index (κ2) is 8.02. The number of halogens is 1. The van der Waals surface area contributed by atoms with E-state index in [1.165, 1.54) is 18.0 Å². The third kappa shape index (κ3) is 4.43. The van der Waals surface area contributed by atoms with Gasteiger partial charge in [-0.05, 0) is 49.0 Å². The number of hydrogen-bond acceptors (Lipinski definition) is 4. The first-order chi connectivity index (χ1) is 12.8. The van der Waals surface area contributed by atoms with Crippen molar-refractivity contribution in [3.63, 3.8) is 0 Å². The molecule has 0 radical (unpaired) electrons. The molecular formula is C20H17BrN2O3S. The van der Waals surface area contributed by atoms with E-state index in [1.54, 1.807) is 12.1 Å². The lowest BCUT2D eigenvalue weighted by molar-refractivity contribution is -0.128. The number of ether oxygens (including phenoxy) is 1. The fourth-order valence-corrected chi connectivity index (χ4v) is 3.18. The maximum Gasteiger partial charge on any atom is 0.265 e. The molecule has 0 saturated carbocycles. The Hall–Kier alpha value is -2.51. The summed E-state index contributed by atoms with van der Waals surface area (Å²) in [5.74, 6) is -0.398. The first-order valence-corrected chi connectivity index (χ1v) is 9.38. The van der Waals surface area contributed by atoms with Crippen LogP contribution in [-0.2, 0) is 16.2 Å². The maximum absolute atomic E-state index is 12.4. The molecule has 7 heteroatoms. The zero-order valence-corrected chi connectivity index (χ0v) is 17.2. The van der Waals surface area contributed by atoms with Gasteiger partial charge in [0.2, 0.25) is 0 Å². The number of aryl methyl sites for hydroxylation is 1. The van der Waals surface area contributed by atoms with E-state index in [0.29, 0.717) is 17.9 Å². The van der Waals surface area contributed by atoms with Crippen LogP contribution in [0.2, 0.25) is 0 Å². The van der Waals surface area contributed by atoms with E-state index < -0.39 is 11.8 Å². The summed E-state index contributed by atoms with van der Waals surface area (Å²) in [4.78, 5) is 25.9. The molecule has 0 bridgehead atoms. The molecule has 1 aliphatic heterocycles. The second-order valence-corrected chi connectivity index (χ2v) is 7.44. The number of carbonyl (C=O) groups is 2. The summed E-state index contributed by atoms with van der Waals surface area (Å²) in [7, 11) is 1.52. The van der Waals surface area contributed by atoms with Gasteiger partial charge in [-0.3, -0.25) is 19.8 Å². The Morgan fingerprint density at radius 1 is 1.22 bits per heavy atom. The van der Waals surface area contributed by atoms with Crippen molar-refractivity contribution < 1.29 is 14.3 Å². The van der Waals surface area contributed by atoms with E-state index in [0.717, 1.165) is 15.6 Å². The smallest absolute Gasteiger partial charge is 0.265 e. The normalized spacial score (nSPS) is 15.9. The molecule has 27 heavy (non-hydrogen) atoms. The number of hydrogen-bond donors (Lipinski definition) is 1. The standard InChI is InChI=1S/C20H17BrN2O3S/c1-12-4-3-5-13(8-12)11-26-17-7-6-15(21)9-14(17)10-16-18(24)22-20(27)23(2)19(16)25/h3-10H,11H2,1-2H3,(H,22,24,27)/b16-10+. The van der Waals surface area contributed by atoms with E-state index in [2.05, 4.69) is 21.2 Å². The molecule has 138 valence electrons. The average molecular weight is 445 g/mol. The number of rotatable bonds is 4. The molecule has 5 nitrogen and oxygen atoms in total. The SMILES string of the molecule is Cc1cccc(COc2ccc(Br)cc2/C=C2\C(=O)NC(=S)N(C)C2=O)c1. The summed E-state index contributed by atoms with van der Waals surface area (Å²) >= 11 is 8.38. The van der Waals surface area contributed by atoms with Crippen LogP contribution in [0.4, 0.5) is 0 Å². The molecule has 3 rings (SSSR count). The summed E-state index contributed by atoms with van der Waals surface area (Å²) in [6, 6.07) is 13.5. The summed E-state index contributed by atoms with van der Waals surface area (Å²) in [5.41, 5.74) is 2.81. The van der Waals surface area contributed by atoms with E-state index in [1.807, 2.05) is 37.3 Å². The highest BCUT2D eigenvalue weighted by molar-refractivity contribution is 9.10. The van der Waals surface area contributed by atoms with Crippen LogP contribution < -0.4 is 10.1 Å². The van der Waals surface area contributed by atoms with Gasteiger partial charge in [-0.15, -0.1) is 0 Å². The van der Waals surface area contributed by atoms with Gasteiger partial charge in [-0.2, -0.15) is 0 Å². The number of benzene rings is 2. The largest absolute Gasteiger partial charge is 0.488 e. The Morgan fingerprint density at radius 3 is 2.74 bits per heavy atom. The predicted octanol–water partition coefficient (Wildman–Crippen LogP) is 3.59. The average Bonchev–Trinajstić information content (AvgIpc) is 2.63. The molecular weight excluding hydrogens is 428 g/mol. The van der Waals surface area contributed by atoms with Crippen LogP contribution >= 0.6 is 28.1 Å². The first-order valence-electron chi connectivity index (χ1n) is 8.18.